The van der Waals surface area contributed by atoms with Gasteiger partial charge in [0, 0.05) is 12.5 Å². The van der Waals surface area contributed by atoms with E-state index in [1.54, 1.807) is 31.2 Å². The number of hydrogen-bond acceptors (Lipinski definition) is 9. The van der Waals surface area contributed by atoms with Crippen LogP contribution in [0, 0.1) is 12.8 Å². The molecule has 32 heavy (non-hydrogen) atoms. The Labute approximate surface area is 180 Å². The van der Waals surface area contributed by atoms with Crippen LogP contribution in [-0.4, -0.2) is 67.8 Å². The molecule has 0 radical (unpaired) electrons. The summed E-state index contributed by atoms with van der Waals surface area (Å²) in [6.07, 6.45) is -6.62. The van der Waals surface area contributed by atoms with E-state index in [1.807, 2.05) is 0 Å². The number of benzene rings is 1. The number of aromatic nitrogens is 3. The number of fused-ring (bicyclic) bond motifs is 1. The van der Waals surface area contributed by atoms with Crippen molar-refractivity contribution in [2.45, 2.75) is 37.8 Å². The molecule has 1 aliphatic carbocycles. The van der Waals surface area contributed by atoms with Crippen LogP contribution in [-0.2, 0) is 0 Å². The number of halogens is 3. The van der Waals surface area contributed by atoms with Gasteiger partial charge >= 0.3 is 6.18 Å². The molecule has 1 saturated carbocycles. The van der Waals surface area contributed by atoms with Gasteiger partial charge in [-0.25, -0.2) is 9.97 Å². The van der Waals surface area contributed by atoms with Crippen molar-refractivity contribution in [3.05, 3.63) is 30.0 Å². The third-order valence-electron chi connectivity index (χ3n) is 5.40. The molecule has 172 valence electrons. The zero-order valence-corrected chi connectivity index (χ0v) is 17.0. The molecule has 0 bridgehead atoms. The minimum atomic E-state index is -4.47. The lowest BCUT2D eigenvalue weighted by atomic mass is 10.1. The van der Waals surface area contributed by atoms with Gasteiger partial charge in [-0.15, -0.1) is 0 Å². The molecule has 0 saturated heterocycles. The number of aliphatic hydroxyl groups excluding tert-OH is 3. The van der Waals surface area contributed by atoms with Gasteiger partial charge in [-0.1, -0.05) is 12.1 Å². The Morgan fingerprint density at radius 3 is 2.53 bits per heavy atom. The lowest BCUT2D eigenvalue weighted by molar-refractivity contribution is -0.115. The summed E-state index contributed by atoms with van der Waals surface area (Å²) in [6.45, 7) is -0.0761. The van der Waals surface area contributed by atoms with E-state index in [1.165, 1.54) is 0 Å². The van der Waals surface area contributed by atoms with E-state index in [0.717, 1.165) is 0 Å². The van der Waals surface area contributed by atoms with E-state index in [0.29, 0.717) is 22.4 Å². The van der Waals surface area contributed by atoms with Gasteiger partial charge < -0.3 is 30.4 Å². The van der Waals surface area contributed by atoms with Crippen LogP contribution in [0.2, 0.25) is 0 Å². The van der Waals surface area contributed by atoms with Crippen molar-refractivity contribution in [1.82, 2.24) is 15.0 Å². The second-order valence-electron chi connectivity index (χ2n) is 7.72. The van der Waals surface area contributed by atoms with Crippen LogP contribution in [0.15, 0.2) is 28.7 Å². The van der Waals surface area contributed by atoms with E-state index >= 15 is 0 Å². The first-order chi connectivity index (χ1) is 15.2. The molecule has 0 amide bonds. The fourth-order valence-corrected chi connectivity index (χ4v) is 3.80. The van der Waals surface area contributed by atoms with Gasteiger partial charge in [-0.3, -0.25) is 0 Å². The second kappa shape index (κ2) is 8.52. The number of anilines is 2. The quantitative estimate of drug-likeness (QED) is 0.380. The van der Waals surface area contributed by atoms with Crippen LogP contribution in [0.3, 0.4) is 0 Å². The standard InChI is InChI=1S/C20H22F3N5O4/c1-9-14(18-27-11-4-2-3-5-13(11)32-18)17(28-19(25-9)24-8-20(21,22)23)26-12-6-10(7-29)15(30)16(12)31/h2-5,10,12,15-16,29-31H,6-8H2,1H3,(H2,24,25,26,28)/t10-,12?,15-,16+/m1/s1. The number of aryl methyl sites for hydroxylation is 1. The molecule has 1 fully saturated rings. The topological polar surface area (TPSA) is 137 Å². The van der Waals surface area contributed by atoms with Crippen LogP contribution >= 0.6 is 0 Å². The average molecular weight is 453 g/mol. The summed E-state index contributed by atoms with van der Waals surface area (Å²) in [5.74, 6) is -0.584. The lowest BCUT2D eigenvalue weighted by Crippen LogP contribution is -2.36. The number of oxazole rings is 1. The molecule has 0 spiro atoms. The van der Waals surface area contributed by atoms with Crippen molar-refractivity contribution >= 4 is 22.9 Å². The van der Waals surface area contributed by atoms with Crippen molar-refractivity contribution in [3.8, 4) is 11.5 Å². The summed E-state index contributed by atoms with van der Waals surface area (Å²) in [4.78, 5) is 12.7. The highest BCUT2D eigenvalue weighted by atomic mass is 19.4. The predicted octanol–water partition coefficient (Wildman–Crippen LogP) is 2.08. The fourth-order valence-electron chi connectivity index (χ4n) is 3.80. The number of hydrogen-bond donors (Lipinski definition) is 5. The molecule has 2 aromatic heterocycles. The molecule has 9 nitrogen and oxygen atoms in total. The van der Waals surface area contributed by atoms with Crippen molar-refractivity contribution in [3.63, 3.8) is 0 Å². The molecule has 4 atom stereocenters. The van der Waals surface area contributed by atoms with Crippen molar-refractivity contribution in [2.75, 3.05) is 23.8 Å². The first kappa shape index (κ1) is 22.2. The molecule has 1 aliphatic rings. The van der Waals surface area contributed by atoms with Crippen LogP contribution in [0.1, 0.15) is 12.1 Å². The Kier molecular flexibility index (Phi) is 5.93. The highest BCUT2D eigenvalue weighted by Gasteiger charge is 2.41. The summed E-state index contributed by atoms with van der Waals surface area (Å²) in [5, 5.41) is 35.0. The SMILES string of the molecule is Cc1nc(NCC(F)(F)F)nc(NC2C[C@H](CO)[C@@H](O)[C@H]2O)c1-c1nc2ccccc2o1. The highest BCUT2D eigenvalue weighted by Crippen LogP contribution is 2.35. The average Bonchev–Trinajstić information content (AvgIpc) is 3.27. The Balaban J connectivity index is 1.74. The van der Waals surface area contributed by atoms with Gasteiger partial charge in [-0.05, 0) is 25.5 Å². The molecule has 1 aromatic carbocycles. The number of aliphatic hydroxyl groups is 3. The molecule has 1 unspecified atom stereocenters. The van der Waals surface area contributed by atoms with Crippen LogP contribution < -0.4 is 10.6 Å². The maximum Gasteiger partial charge on any atom is 0.405 e. The number of para-hydroxylation sites is 2. The molecule has 0 aliphatic heterocycles. The van der Waals surface area contributed by atoms with Gasteiger partial charge in [0.15, 0.2) is 5.58 Å². The number of alkyl halides is 3. The minimum Gasteiger partial charge on any atom is -0.436 e. The number of nitrogens with one attached hydrogen (secondary N) is 2. The third-order valence-corrected chi connectivity index (χ3v) is 5.40. The maximum absolute atomic E-state index is 12.7. The summed E-state index contributed by atoms with van der Waals surface area (Å²) in [6, 6.07) is 6.31. The lowest BCUT2D eigenvalue weighted by Gasteiger charge is -2.21. The summed E-state index contributed by atoms with van der Waals surface area (Å²) < 4.78 is 43.8. The largest absolute Gasteiger partial charge is 0.436 e. The number of nitrogens with zero attached hydrogens (tertiary/aromatic N) is 3. The Hall–Kier alpha value is -2.96. The summed E-state index contributed by atoms with van der Waals surface area (Å²) in [7, 11) is 0. The van der Waals surface area contributed by atoms with E-state index in [9.17, 15) is 28.5 Å². The van der Waals surface area contributed by atoms with Gasteiger partial charge in [0.25, 0.3) is 0 Å². The monoisotopic (exact) mass is 453 g/mol. The van der Waals surface area contributed by atoms with Gasteiger partial charge in [0.2, 0.25) is 11.8 Å². The van der Waals surface area contributed by atoms with E-state index < -0.39 is 36.9 Å². The number of rotatable bonds is 6. The van der Waals surface area contributed by atoms with Crippen molar-refractivity contribution in [1.29, 1.82) is 0 Å². The molecule has 2 heterocycles. The second-order valence-corrected chi connectivity index (χ2v) is 7.72. The molecule has 4 rings (SSSR count). The zero-order valence-electron chi connectivity index (χ0n) is 17.0. The third kappa shape index (κ3) is 4.47. The van der Waals surface area contributed by atoms with Gasteiger partial charge in [0.1, 0.15) is 29.5 Å². The smallest absolute Gasteiger partial charge is 0.405 e. The zero-order chi connectivity index (χ0) is 23.0. The fraction of sp³-hybridized carbons (Fsp3) is 0.450. The normalized spacial score (nSPS) is 23.6. The predicted molar refractivity (Wildman–Crippen MR) is 109 cm³/mol. The highest BCUT2D eigenvalue weighted by molar-refractivity contribution is 5.80. The molecule has 5 N–H and O–H groups in total. The Bertz CT molecular complexity index is 1070. The minimum absolute atomic E-state index is 0.0866. The first-order valence-electron chi connectivity index (χ1n) is 9.95. The Morgan fingerprint density at radius 2 is 1.88 bits per heavy atom. The van der Waals surface area contributed by atoms with Crippen molar-refractivity contribution in [2.24, 2.45) is 5.92 Å². The summed E-state index contributed by atoms with van der Waals surface area (Å²) in [5.41, 5.74) is 1.69. The van der Waals surface area contributed by atoms with E-state index in [2.05, 4.69) is 25.6 Å². The van der Waals surface area contributed by atoms with Crippen LogP contribution in [0.25, 0.3) is 22.6 Å². The Morgan fingerprint density at radius 1 is 1.12 bits per heavy atom. The van der Waals surface area contributed by atoms with Crippen LogP contribution in [0.4, 0.5) is 24.9 Å². The van der Waals surface area contributed by atoms with Crippen molar-refractivity contribution < 1.29 is 32.9 Å². The molecule has 3 aromatic rings. The molecular formula is C20H22F3N5O4. The van der Waals surface area contributed by atoms with Gasteiger partial charge in [-0.2, -0.15) is 18.2 Å². The first-order valence-corrected chi connectivity index (χ1v) is 9.95. The van der Waals surface area contributed by atoms with Gasteiger partial charge in [0.05, 0.1) is 17.8 Å². The van der Waals surface area contributed by atoms with E-state index in [4.69, 9.17) is 4.42 Å². The van der Waals surface area contributed by atoms with Crippen LogP contribution in [0.5, 0.6) is 0 Å². The molecular weight excluding hydrogens is 431 g/mol. The maximum atomic E-state index is 12.7. The molecule has 12 heteroatoms. The summed E-state index contributed by atoms with van der Waals surface area (Å²) >= 11 is 0. The van der Waals surface area contributed by atoms with E-state index in [-0.39, 0.29) is 30.7 Å².